The largest absolute Gasteiger partial charge is 0.416 e. The SMILES string of the molecule is CNCCNC.Fc1ccc(C2CC2)cc1.O=C(CNC(=S)c1ccc(C(F)(F)F)cc1)N1CCOCC1. The molecule has 2 aromatic carbocycles. The summed E-state index contributed by atoms with van der Waals surface area (Å²) >= 11 is 5.09. The number of morpholine rings is 1. The van der Waals surface area contributed by atoms with Crippen LogP contribution in [-0.2, 0) is 15.7 Å². The van der Waals surface area contributed by atoms with Gasteiger partial charge >= 0.3 is 6.18 Å². The smallest absolute Gasteiger partial charge is 0.378 e. The molecule has 1 heterocycles. The first-order valence-electron chi connectivity index (χ1n) is 12.5. The maximum atomic E-state index is 12.5. The van der Waals surface area contributed by atoms with Gasteiger partial charge < -0.3 is 25.6 Å². The molecule has 2 fully saturated rings. The molecule has 1 amide bonds. The van der Waals surface area contributed by atoms with Crippen LogP contribution in [0.4, 0.5) is 17.6 Å². The molecule has 1 aliphatic heterocycles. The Bertz CT molecular complexity index is 974. The topological polar surface area (TPSA) is 65.6 Å². The molecule has 11 heteroatoms. The molecule has 38 heavy (non-hydrogen) atoms. The van der Waals surface area contributed by atoms with Crippen molar-refractivity contribution in [2.24, 2.45) is 0 Å². The van der Waals surface area contributed by atoms with Crippen LogP contribution in [0.2, 0.25) is 0 Å². The van der Waals surface area contributed by atoms with Crippen LogP contribution in [0.25, 0.3) is 0 Å². The molecule has 0 radical (unpaired) electrons. The van der Waals surface area contributed by atoms with Gasteiger partial charge in [-0.3, -0.25) is 4.79 Å². The van der Waals surface area contributed by atoms with Gasteiger partial charge in [0.15, 0.2) is 0 Å². The van der Waals surface area contributed by atoms with Crippen LogP contribution in [0.15, 0.2) is 48.5 Å². The van der Waals surface area contributed by atoms with E-state index in [1.807, 2.05) is 26.2 Å². The summed E-state index contributed by atoms with van der Waals surface area (Å²) in [4.78, 5) is 13.8. The van der Waals surface area contributed by atoms with Crippen molar-refractivity contribution < 1.29 is 27.1 Å². The number of carbonyl (C=O) groups excluding carboxylic acids is 1. The summed E-state index contributed by atoms with van der Waals surface area (Å²) in [5.74, 6) is 0.488. The molecule has 0 aromatic heterocycles. The van der Waals surface area contributed by atoms with Crippen molar-refractivity contribution in [3.8, 4) is 0 Å². The van der Waals surface area contributed by atoms with E-state index < -0.39 is 11.7 Å². The van der Waals surface area contributed by atoms with Gasteiger partial charge in [0.05, 0.1) is 25.3 Å². The van der Waals surface area contributed by atoms with E-state index in [0.717, 1.165) is 31.1 Å². The molecule has 1 saturated carbocycles. The molecular formula is C27H36F4N4O2S. The van der Waals surface area contributed by atoms with Crippen molar-refractivity contribution >= 4 is 23.1 Å². The van der Waals surface area contributed by atoms with E-state index in [4.69, 9.17) is 17.0 Å². The zero-order valence-corrected chi connectivity index (χ0v) is 22.6. The number of rotatable bonds is 7. The number of ether oxygens (including phenoxy) is 1. The Hall–Kier alpha value is -2.60. The standard InChI is InChI=1S/C14H15F3N2O2S.C9H9F.C4H12N2/c15-14(16,17)11-3-1-10(2-4-11)13(22)18-9-12(20)19-5-7-21-8-6-19;10-9-5-3-8(4-6-9)7-1-2-7;1-5-3-4-6-2/h1-4H,5-9H2,(H,18,22);3-7H,1-2H2;5-6H,3-4H2,1-2H3. The van der Waals surface area contributed by atoms with Crippen molar-refractivity contribution in [3.05, 3.63) is 71.0 Å². The molecule has 4 rings (SSSR count). The molecule has 0 spiro atoms. The van der Waals surface area contributed by atoms with Gasteiger partial charge in [-0.05, 0) is 62.7 Å². The van der Waals surface area contributed by atoms with Gasteiger partial charge in [0, 0.05) is 31.7 Å². The van der Waals surface area contributed by atoms with Crippen LogP contribution in [0, 0.1) is 5.82 Å². The number of hydrogen-bond donors (Lipinski definition) is 3. The van der Waals surface area contributed by atoms with Gasteiger partial charge in [0.2, 0.25) is 5.91 Å². The average Bonchev–Trinajstić information content (AvgIpc) is 3.77. The Kier molecular flexibility index (Phi) is 13.6. The first kappa shape index (κ1) is 31.6. The number of hydrogen-bond acceptors (Lipinski definition) is 5. The van der Waals surface area contributed by atoms with Gasteiger partial charge in [-0.1, -0.05) is 36.5 Å². The molecule has 2 aromatic rings. The highest BCUT2D eigenvalue weighted by atomic mass is 32.1. The van der Waals surface area contributed by atoms with Gasteiger partial charge in [-0.15, -0.1) is 0 Å². The minimum absolute atomic E-state index is 0.0137. The van der Waals surface area contributed by atoms with Crippen LogP contribution in [0.5, 0.6) is 0 Å². The lowest BCUT2D eigenvalue weighted by Crippen LogP contribution is -2.45. The molecule has 210 valence electrons. The Morgan fingerprint density at radius 3 is 2.00 bits per heavy atom. The second kappa shape index (κ2) is 16.4. The van der Waals surface area contributed by atoms with Crippen molar-refractivity contribution in [3.63, 3.8) is 0 Å². The summed E-state index contributed by atoms with van der Waals surface area (Å²) < 4.78 is 54.9. The molecule has 6 nitrogen and oxygen atoms in total. The van der Waals surface area contributed by atoms with E-state index in [1.54, 1.807) is 4.90 Å². The fraction of sp³-hybridized carbons (Fsp3) is 0.481. The molecule has 1 saturated heterocycles. The quantitative estimate of drug-likeness (QED) is 0.273. The van der Waals surface area contributed by atoms with E-state index in [9.17, 15) is 22.4 Å². The number of likely N-dealkylation sites (N-methyl/N-ethyl adjacent to an activating group) is 2. The maximum absolute atomic E-state index is 12.5. The van der Waals surface area contributed by atoms with E-state index in [-0.39, 0.29) is 23.3 Å². The van der Waals surface area contributed by atoms with Crippen LogP contribution < -0.4 is 16.0 Å². The second-order valence-electron chi connectivity index (χ2n) is 8.78. The number of benzene rings is 2. The van der Waals surface area contributed by atoms with Gasteiger partial charge in [-0.25, -0.2) is 4.39 Å². The number of thiocarbonyl (C=S) groups is 1. The van der Waals surface area contributed by atoms with E-state index >= 15 is 0 Å². The highest BCUT2D eigenvalue weighted by molar-refractivity contribution is 7.80. The highest BCUT2D eigenvalue weighted by Crippen LogP contribution is 2.39. The predicted molar refractivity (Wildman–Crippen MR) is 145 cm³/mol. The number of nitrogens with zero attached hydrogens (tertiary/aromatic N) is 1. The fourth-order valence-corrected chi connectivity index (χ4v) is 3.60. The normalized spacial score (nSPS) is 14.9. The third-order valence-electron chi connectivity index (χ3n) is 5.78. The Labute approximate surface area is 227 Å². The first-order valence-corrected chi connectivity index (χ1v) is 12.9. The summed E-state index contributed by atoms with van der Waals surface area (Å²) in [6, 6.07) is 11.3. The fourth-order valence-electron chi connectivity index (χ4n) is 3.39. The molecule has 0 atom stereocenters. The summed E-state index contributed by atoms with van der Waals surface area (Å²) in [6.07, 6.45) is -1.81. The predicted octanol–water partition coefficient (Wildman–Crippen LogP) is 3.96. The summed E-state index contributed by atoms with van der Waals surface area (Å²) in [7, 11) is 3.88. The number of nitrogens with one attached hydrogen (secondary N) is 3. The first-order chi connectivity index (χ1) is 18.2. The van der Waals surface area contributed by atoms with Gasteiger partial charge in [-0.2, -0.15) is 13.2 Å². The maximum Gasteiger partial charge on any atom is 0.416 e. The number of carbonyl (C=O) groups is 1. The number of amides is 1. The van der Waals surface area contributed by atoms with Crippen LogP contribution in [0.1, 0.15) is 35.4 Å². The van der Waals surface area contributed by atoms with E-state index in [1.165, 1.54) is 42.7 Å². The minimum atomic E-state index is -4.38. The van der Waals surface area contributed by atoms with Crippen LogP contribution >= 0.6 is 12.2 Å². The minimum Gasteiger partial charge on any atom is -0.378 e. The molecule has 3 N–H and O–H groups in total. The Morgan fingerprint density at radius 1 is 0.974 bits per heavy atom. The summed E-state index contributed by atoms with van der Waals surface area (Å²) in [5, 5.41) is 8.78. The Morgan fingerprint density at radius 2 is 1.53 bits per heavy atom. The molecule has 0 bridgehead atoms. The van der Waals surface area contributed by atoms with Crippen molar-refractivity contribution in [1.29, 1.82) is 0 Å². The third kappa shape index (κ3) is 11.8. The van der Waals surface area contributed by atoms with Gasteiger partial charge in [0.25, 0.3) is 0 Å². The third-order valence-corrected chi connectivity index (χ3v) is 6.16. The van der Waals surface area contributed by atoms with E-state index in [0.29, 0.717) is 31.9 Å². The van der Waals surface area contributed by atoms with Crippen molar-refractivity contribution in [2.75, 3.05) is 60.0 Å². The zero-order chi connectivity index (χ0) is 28.0. The summed E-state index contributed by atoms with van der Waals surface area (Å²) in [6.45, 7) is 4.21. The Balaban J connectivity index is 0.000000258. The lowest BCUT2D eigenvalue weighted by Gasteiger charge is -2.27. The summed E-state index contributed by atoms with van der Waals surface area (Å²) in [5.41, 5.74) is 1.00. The molecule has 1 aliphatic carbocycles. The lowest BCUT2D eigenvalue weighted by molar-refractivity contribution is -0.137. The zero-order valence-electron chi connectivity index (χ0n) is 21.7. The number of alkyl halides is 3. The monoisotopic (exact) mass is 556 g/mol. The van der Waals surface area contributed by atoms with Crippen LogP contribution in [-0.4, -0.2) is 75.8 Å². The van der Waals surface area contributed by atoms with E-state index in [2.05, 4.69) is 16.0 Å². The van der Waals surface area contributed by atoms with Gasteiger partial charge in [0.1, 0.15) is 10.8 Å². The van der Waals surface area contributed by atoms with Crippen LogP contribution in [0.3, 0.4) is 0 Å². The second-order valence-corrected chi connectivity index (χ2v) is 9.19. The highest BCUT2D eigenvalue weighted by Gasteiger charge is 2.30. The lowest BCUT2D eigenvalue weighted by atomic mass is 10.1. The number of halogens is 4. The molecular weight excluding hydrogens is 520 g/mol. The molecule has 0 unspecified atom stereocenters. The average molecular weight is 557 g/mol. The van der Waals surface area contributed by atoms with Crippen molar-refractivity contribution in [2.45, 2.75) is 24.9 Å². The van der Waals surface area contributed by atoms with Crippen molar-refractivity contribution in [1.82, 2.24) is 20.9 Å². The molecule has 2 aliphatic rings.